The van der Waals surface area contributed by atoms with Crippen molar-refractivity contribution in [3.63, 3.8) is 0 Å². The van der Waals surface area contributed by atoms with Crippen LogP contribution in [0.5, 0.6) is 0 Å². The molecule has 0 radical (unpaired) electrons. The van der Waals surface area contributed by atoms with Crippen molar-refractivity contribution in [2.45, 2.75) is 6.92 Å². The molecule has 0 unspecified atom stereocenters. The van der Waals surface area contributed by atoms with Gasteiger partial charge in [0.15, 0.2) is 0 Å². The summed E-state index contributed by atoms with van der Waals surface area (Å²) in [5, 5.41) is 0. The maximum absolute atomic E-state index is 4.51. The molecule has 4 nitrogen and oxygen atoms in total. The van der Waals surface area contributed by atoms with Crippen molar-refractivity contribution >= 4 is 12.0 Å². The SMILES string of the molecule is Cc1ccnc(N2CCN(CC=Cc3ccccc3)CC2)n1. The number of aromatic nitrogens is 2. The van der Waals surface area contributed by atoms with Gasteiger partial charge in [0.1, 0.15) is 0 Å². The van der Waals surface area contributed by atoms with E-state index in [-0.39, 0.29) is 0 Å². The second-order valence-corrected chi connectivity index (χ2v) is 5.60. The molecule has 0 N–H and O–H groups in total. The number of rotatable bonds is 4. The molecule has 2 heterocycles. The van der Waals surface area contributed by atoms with E-state index in [0.717, 1.165) is 44.4 Å². The van der Waals surface area contributed by atoms with Crippen molar-refractivity contribution in [1.82, 2.24) is 14.9 Å². The van der Waals surface area contributed by atoms with Gasteiger partial charge in [-0.05, 0) is 18.6 Å². The summed E-state index contributed by atoms with van der Waals surface area (Å²) in [4.78, 5) is 13.6. The molecule has 0 amide bonds. The van der Waals surface area contributed by atoms with Crippen LogP contribution in [0.3, 0.4) is 0 Å². The summed E-state index contributed by atoms with van der Waals surface area (Å²) in [6.07, 6.45) is 6.27. The molecule has 0 spiro atoms. The molecule has 1 aliphatic rings. The van der Waals surface area contributed by atoms with E-state index in [9.17, 15) is 0 Å². The molecule has 0 atom stereocenters. The van der Waals surface area contributed by atoms with Gasteiger partial charge in [0.25, 0.3) is 0 Å². The number of hydrogen-bond donors (Lipinski definition) is 0. The number of piperazine rings is 1. The van der Waals surface area contributed by atoms with Gasteiger partial charge in [-0.25, -0.2) is 9.97 Å². The first-order valence-corrected chi connectivity index (χ1v) is 7.80. The van der Waals surface area contributed by atoms with Gasteiger partial charge in [0.2, 0.25) is 5.95 Å². The van der Waals surface area contributed by atoms with Gasteiger partial charge in [-0.2, -0.15) is 0 Å². The van der Waals surface area contributed by atoms with Crippen molar-refractivity contribution < 1.29 is 0 Å². The lowest BCUT2D eigenvalue weighted by Gasteiger charge is -2.34. The second-order valence-electron chi connectivity index (χ2n) is 5.60. The van der Waals surface area contributed by atoms with Crippen LogP contribution in [0, 0.1) is 6.92 Å². The summed E-state index contributed by atoms with van der Waals surface area (Å²) >= 11 is 0. The van der Waals surface area contributed by atoms with Crippen LogP contribution < -0.4 is 4.90 Å². The van der Waals surface area contributed by atoms with E-state index in [1.54, 1.807) is 0 Å². The highest BCUT2D eigenvalue weighted by Crippen LogP contribution is 2.11. The number of benzene rings is 1. The molecular weight excluding hydrogens is 272 g/mol. The van der Waals surface area contributed by atoms with E-state index in [1.165, 1.54) is 5.56 Å². The first-order chi connectivity index (χ1) is 10.8. The number of nitrogens with zero attached hydrogens (tertiary/aromatic N) is 4. The van der Waals surface area contributed by atoms with E-state index < -0.39 is 0 Å². The molecule has 0 bridgehead atoms. The summed E-state index contributed by atoms with van der Waals surface area (Å²) in [6.45, 7) is 7.09. The third-order valence-corrected chi connectivity index (χ3v) is 3.91. The zero-order valence-corrected chi connectivity index (χ0v) is 13.0. The fourth-order valence-electron chi connectivity index (χ4n) is 2.62. The molecule has 3 rings (SSSR count). The summed E-state index contributed by atoms with van der Waals surface area (Å²) in [7, 11) is 0. The van der Waals surface area contributed by atoms with Crippen LogP contribution in [-0.4, -0.2) is 47.6 Å². The van der Waals surface area contributed by atoms with Crippen LogP contribution in [0.15, 0.2) is 48.7 Å². The lowest BCUT2D eigenvalue weighted by atomic mass is 10.2. The Hall–Kier alpha value is -2.20. The molecule has 1 fully saturated rings. The predicted molar refractivity (Wildman–Crippen MR) is 90.9 cm³/mol. The Labute approximate surface area is 132 Å². The third kappa shape index (κ3) is 3.92. The minimum atomic E-state index is 0.861. The quantitative estimate of drug-likeness (QED) is 0.867. The van der Waals surface area contributed by atoms with Crippen molar-refractivity contribution in [2.24, 2.45) is 0 Å². The van der Waals surface area contributed by atoms with Crippen molar-refractivity contribution in [1.29, 1.82) is 0 Å². The average molecular weight is 294 g/mol. The largest absolute Gasteiger partial charge is 0.338 e. The molecule has 2 aromatic rings. The van der Waals surface area contributed by atoms with E-state index in [2.05, 4.69) is 56.2 Å². The van der Waals surface area contributed by atoms with Crippen LogP contribution in [0.4, 0.5) is 5.95 Å². The van der Waals surface area contributed by atoms with Gasteiger partial charge >= 0.3 is 0 Å². The van der Waals surface area contributed by atoms with Crippen molar-refractivity contribution in [2.75, 3.05) is 37.6 Å². The molecule has 1 aromatic heterocycles. The van der Waals surface area contributed by atoms with Gasteiger partial charge < -0.3 is 4.90 Å². The van der Waals surface area contributed by atoms with Crippen LogP contribution in [0.25, 0.3) is 6.08 Å². The zero-order valence-electron chi connectivity index (χ0n) is 13.0. The van der Waals surface area contributed by atoms with Crippen LogP contribution in [0.1, 0.15) is 11.3 Å². The molecule has 4 heteroatoms. The monoisotopic (exact) mass is 294 g/mol. The van der Waals surface area contributed by atoms with E-state index in [0.29, 0.717) is 0 Å². The molecule has 1 aromatic carbocycles. The second kappa shape index (κ2) is 7.18. The molecule has 114 valence electrons. The minimum Gasteiger partial charge on any atom is -0.338 e. The highest BCUT2D eigenvalue weighted by Gasteiger charge is 2.17. The fraction of sp³-hybridized carbons (Fsp3) is 0.333. The summed E-state index contributed by atoms with van der Waals surface area (Å²) < 4.78 is 0. The Morgan fingerprint density at radius 2 is 1.82 bits per heavy atom. The lowest BCUT2D eigenvalue weighted by molar-refractivity contribution is 0.283. The average Bonchev–Trinajstić information content (AvgIpc) is 2.56. The Morgan fingerprint density at radius 3 is 2.55 bits per heavy atom. The minimum absolute atomic E-state index is 0.861. The van der Waals surface area contributed by atoms with Crippen molar-refractivity contribution in [3.05, 3.63) is 59.9 Å². The Balaban J connectivity index is 1.49. The Morgan fingerprint density at radius 1 is 1.05 bits per heavy atom. The van der Waals surface area contributed by atoms with Gasteiger partial charge in [-0.3, -0.25) is 4.90 Å². The lowest BCUT2D eigenvalue weighted by Crippen LogP contribution is -2.47. The van der Waals surface area contributed by atoms with Crippen LogP contribution >= 0.6 is 0 Å². The number of aryl methyl sites for hydroxylation is 1. The first-order valence-electron chi connectivity index (χ1n) is 7.80. The molecule has 22 heavy (non-hydrogen) atoms. The zero-order chi connectivity index (χ0) is 15.2. The normalized spacial score (nSPS) is 16.3. The van der Waals surface area contributed by atoms with Gasteiger partial charge in [-0.1, -0.05) is 42.5 Å². The smallest absolute Gasteiger partial charge is 0.225 e. The van der Waals surface area contributed by atoms with E-state index in [4.69, 9.17) is 0 Å². The summed E-state index contributed by atoms with van der Waals surface area (Å²) in [5.41, 5.74) is 2.28. The Kier molecular flexibility index (Phi) is 4.81. The predicted octanol–water partition coefficient (Wildman–Crippen LogP) is 2.62. The molecule has 0 saturated carbocycles. The molecule has 1 aliphatic heterocycles. The molecular formula is C18H22N4. The van der Waals surface area contributed by atoms with Gasteiger partial charge in [0.05, 0.1) is 0 Å². The van der Waals surface area contributed by atoms with Crippen molar-refractivity contribution in [3.8, 4) is 0 Å². The molecule has 0 aliphatic carbocycles. The topological polar surface area (TPSA) is 32.3 Å². The van der Waals surface area contributed by atoms with Gasteiger partial charge in [-0.15, -0.1) is 0 Å². The fourth-order valence-corrected chi connectivity index (χ4v) is 2.62. The van der Waals surface area contributed by atoms with Crippen LogP contribution in [0.2, 0.25) is 0 Å². The first kappa shape index (κ1) is 14.7. The summed E-state index contributed by atoms with van der Waals surface area (Å²) in [6, 6.07) is 12.4. The van der Waals surface area contributed by atoms with Crippen LogP contribution in [-0.2, 0) is 0 Å². The highest BCUT2D eigenvalue weighted by atomic mass is 15.3. The number of anilines is 1. The number of hydrogen-bond acceptors (Lipinski definition) is 4. The third-order valence-electron chi connectivity index (χ3n) is 3.91. The maximum atomic E-state index is 4.51. The Bertz CT molecular complexity index is 616. The van der Waals surface area contributed by atoms with E-state index >= 15 is 0 Å². The molecule has 1 saturated heterocycles. The maximum Gasteiger partial charge on any atom is 0.225 e. The highest BCUT2D eigenvalue weighted by molar-refractivity contribution is 5.48. The van der Waals surface area contributed by atoms with Gasteiger partial charge in [0, 0.05) is 44.6 Å². The van der Waals surface area contributed by atoms with E-state index in [1.807, 2.05) is 25.3 Å². The standard InChI is InChI=1S/C18H22N4/c1-16-9-10-19-18(20-16)22-14-12-21(13-15-22)11-5-8-17-6-3-2-4-7-17/h2-10H,11-15H2,1H3. The summed E-state index contributed by atoms with van der Waals surface area (Å²) in [5.74, 6) is 0.861.